The van der Waals surface area contributed by atoms with E-state index in [0.29, 0.717) is 6.61 Å². The molecule has 0 saturated carbocycles. The Balaban J connectivity index is 1.94. The maximum atomic E-state index is 6.16. The Morgan fingerprint density at radius 1 is 1.53 bits per heavy atom. The Labute approximate surface area is 118 Å². The predicted octanol–water partition coefficient (Wildman–Crippen LogP) is 2.52. The second-order valence-corrected chi connectivity index (χ2v) is 5.67. The number of hydrogen-bond acceptors (Lipinski definition) is 4. The summed E-state index contributed by atoms with van der Waals surface area (Å²) >= 11 is 1.76. The van der Waals surface area contributed by atoms with Gasteiger partial charge in [-0.1, -0.05) is 13.0 Å². The fourth-order valence-corrected chi connectivity index (χ4v) is 2.70. The normalized spacial score (nSPS) is 14.5. The lowest BCUT2D eigenvalue weighted by atomic mass is 10.0. The zero-order valence-corrected chi connectivity index (χ0v) is 12.3. The molecule has 0 fully saturated rings. The van der Waals surface area contributed by atoms with Crippen LogP contribution in [0, 0.1) is 0 Å². The maximum absolute atomic E-state index is 6.16. The van der Waals surface area contributed by atoms with Crippen LogP contribution in [0.5, 0.6) is 0 Å². The van der Waals surface area contributed by atoms with Gasteiger partial charge in [-0.15, -0.1) is 11.3 Å². The highest BCUT2D eigenvalue weighted by atomic mass is 32.1. The fourth-order valence-electron chi connectivity index (χ4n) is 2.01. The number of rotatable bonds is 7. The molecule has 2 aromatic rings. The molecule has 2 N–H and O–H groups in total. The van der Waals surface area contributed by atoms with E-state index in [4.69, 9.17) is 10.5 Å². The van der Waals surface area contributed by atoms with Crippen LogP contribution in [-0.4, -0.2) is 22.4 Å². The predicted molar refractivity (Wildman–Crippen MR) is 78.2 cm³/mol. The summed E-state index contributed by atoms with van der Waals surface area (Å²) in [6.45, 7) is 2.77. The van der Waals surface area contributed by atoms with Crippen LogP contribution in [0.15, 0.2) is 29.9 Å². The molecule has 19 heavy (non-hydrogen) atoms. The molecule has 0 bridgehead atoms. The molecule has 4 nitrogen and oxygen atoms in total. The molecule has 5 heteroatoms. The third kappa shape index (κ3) is 3.89. The molecule has 0 aliphatic heterocycles. The molecule has 0 aromatic carbocycles. The van der Waals surface area contributed by atoms with Gasteiger partial charge in [0.05, 0.1) is 12.8 Å². The Morgan fingerprint density at radius 2 is 2.37 bits per heavy atom. The van der Waals surface area contributed by atoms with Crippen LogP contribution in [-0.2, 0) is 18.2 Å². The van der Waals surface area contributed by atoms with E-state index in [1.54, 1.807) is 16.0 Å². The smallest absolute Gasteiger partial charge is 0.101 e. The molecule has 2 heterocycles. The number of aromatic nitrogens is 2. The van der Waals surface area contributed by atoms with Crippen LogP contribution in [0.2, 0.25) is 0 Å². The fraction of sp³-hybridized carbons (Fsp3) is 0.500. The van der Waals surface area contributed by atoms with Crippen molar-refractivity contribution in [3.8, 4) is 0 Å². The second kappa shape index (κ2) is 6.84. The van der Waals surface area contributed by atoms with Crippen LogP contribution in [0.3, 0.4) is 0 Å². The van der Waals surface area contributed by atoms with E-state index < -0.39 is 0 Å². The number of nitrogens with zero attached hydrogens (tertiary/aromatic N) is 2. The summed E-state index contributed by atoms with van der Waals surface area (Å²) < 4.78 is 7.78. The zero-order valence-electron chi connectivity index (χ0n) is 11.5. The minimum Gasteiger partial charge on any atom is -0.371 e. The molecular weight excluding hydrogens is 258 g/mol. The number of ether oxygens (including phenoxy) is 1. The zero-order chi connectivity index (χ0) is 13.7. The van der Waals surface area contributed by atoms with Gasteiger partial charge in [-0.3, -0.25) is 4.68 Å². The molecule has 2 aromatic heterocycles. The number of hydrogen-bond donors (Lipinski definition) is 1. The van der Waals surface area contributed by atoms with Crippen LogP contribution in [0.1, 0.15) is 29.9 Å². The summed E-state index contributed by atoms with van der Waals surface area (Å²) in [5.74, 6) is 0. The van der Waals surface area contributed by atoms with Gasteiger partial charge in [0.15, 0.2) is 0 Å². The van der Waals surface area contributed by atoms with E-state index >= 15 is 0 Å². The first kappa shape index (κ1) is 14.2. The van der Waals surface area contributed by atoms with E-state index in [9.17, 15) is 0 Å². The van der Waals surface area contributed by atoms with Gasteiger partial charge in [0.2, 0.25) is 0 Å². The Kier molecular flexibility index (Phi) is 5.13. The molecule has 0 amide bonds. The summed E-state index contributed by atoms with van der Waals surface area (Å²) in [5.41, 5.74) is 7.22. The summed E-state index contributed by atoms with van der Waals surface area (Å²) in [7, 11) is 1.91. The SMILES string of the molecule is CCC(N)C(OCCc1cccs1)c1cnn(C)c1. The van der Waals surface area contributed by atoms with Gasteiger partial charge >= 0.3 is 0 Å². The van der Waals surface area contributed by atoms with Gasteiger partial charge < -0.3 is 10.5 Å². The van der Waals surface area contributed by atoms with Gasteiger partial charge in [-0.25, -0.2) is 0 Å². The maximum Gasteiger partial charge on any atom is 0.101 e. The minimum atomic E-state index is -0.0707. The van der Waals surface area contributed by atoms with E-state index in [0.717, 1.165) is 18.4 Å². The minimum absolute atomic E-state index is 0.00698. The highest BCUT2D eigenvalue weighted by Gasteiger charge is 2.20. The van der Waals surface area contributed by atoms with Crippen LogP contribution in [0.4, 0.5) is 0 Å². The van der Waals surface area contributed by atoms with Gasteiger partial charge in [-0.2, -0.15) is 5.10 Å². The topological polar surface area (TPSA) is 53.1 Å². The summed E-state index contributed by atoms with van der Waals surface area (Å²) in [6.07, 6.45) is 5.57. The molecule has 0 radical (unpaired) electrons. The Bertz CT molecular complexity index is 481. The van der Waals surface area contributed by atoms with Crippen molar-refractivity contribution in [2.45, 2.75) is 31.9 Å². The van der Waals surface area contributed by atoms with E-state index in [-0.39, 0.29) is 12.1 Å². The molecule has 0 saturated heterocycles. The van der Waals surface area contributed by atoms with Crippen molar-refractivity contribution in [3.05, 3.63) is 40.3 Å². The van der Waals surface area contributed by atoms with Crippen LogP contribution >= 0.6 is 11.3 Å². The Morgan fingerprint density at radius 3 is 2.95 bits per heavy atom. The van der Waals surface area contributed by atoms with Crippen molar-refractivity contribution >= 4 is 11.3 Å². The molecule has 104 valence electrons. The van der Waals surface area contributed by atoms with Gasteiger partial charge in [0, 0.05) is 36.1 Å². The van der Waals surface area contributed by atoms with Crippen molar-refractivity contribution in [2.24, 2.45) is 12.8 Å². The lowest BCUT2D eigenvalue weighted by molar-refractivity contribution is 0.0357. The molecule has 0 spiro atoms. The number of thiophene rings is 1. The summed E-state index contributed by atoms with van der Waals surface area (Å²) in [6, 6.07) is 4.20. The van der Waals surface area contributed by atoms with Gasteiger partial charge in [0.25, 0.3) is 0 Å². The quantitative estimate of drug-likeness (QED) is 0.847. The summed E-state index contributed by atoms with van der Waals surface area (Å²) in [4.78, 5) is 1.34. The molecule has 0 aliphatic carbocycles. The van der Waals surface area contributed by atoms with Crippen molar-refractivity contribution in [3.63, 3.8) is 0 Å². The monoisotopic (exact) mass is 279 g/mol. The van der Waals surface area contributed by atoms with Gasteiger partial charge in [-0.05, 0) is 17.9 Å². The first-order chi connectivity index (χ1) is 9.20. The standard InChI is InChI=1S/C14H21N3OS/c1-3-13(15)14(11-9-16-17(2)10-11)18-7-6-12-5-4-8-19-12/h4-5,8-10,13-14H,3,6-7,15H2,1-2H3. The summed E-state index contributed by atoms with van der Waals surface area (Å²) in [5, 5.41) is 6.28. The molecular formula is C14H21N3OS. The number of aryl methyl sites for hydroxylation is 1. The van der Waals surface area contributed by atoms with E-state index in [1.165, 1.54) is 4.88 Å². The number of nitrogens with two attached hydrogens (primary N) is 1. The largest absolute Gasteiger partial charge is 0.371 e. The van der Waals surface area contributed by atoms with Gasteiger partial charge in [0.1, 0.15) is 6.10 Å². The van der Waals surface area contributed by atoms with E-state index in [1.807, 2.05) is 19.4 Å². The Hall–Kier alpha value is -1.17. The lowest BCUT2D eigenvalue weighted by Gasteiger charge is -2.22. The lowest BCUT2D eigenvalue weighted by Crippen LogP contribution is -2.29. The highest BCUT2D eigenvalue weighted by molar-refractivity contribution is 7.09. The first-order valence-corrected chi connectivity index (χ1v) is 7.46. The molecule has 2 rings (SSSR count). The third-order valence-corrected chi connectivity index (χ3v) is 4.08. The van der Waals surface area contributed by atoms with Crippen molar-refractivity contribution < 1.29 is 4.74 Å². The molecule has 2 unspecified atom stereocenters. The highest BCUT2D eigenvalue weighted by Crippen LogP contribution is 2.22. The first-order valence-electron chi connectivity index (χ1n) is 6.58. The molecule has 2 atom stereocenters. The van der Waals surface area contributed by atoms with Crippen molar-refractivity contribution in [1.82, 2.24) is 9.78 Å². The van der Waals surface area contributed by atoms with E-state index in [2.05, 4.69) is 29.5 Å². The van der Waals surface area contributed by atoms with Crippen LogP contribution in [0.25, 0.3) is 0 Å². The second-order valence-electron chi connectivity index (χ2n) is 4.64. The average molecular weight is 279 g/mol. The van der Waals surface area contributed by atoms with Crippen LogP contribution < -0.4 is 5.73 Å². The van der Waals surface area contributed by atoms with Crippen molar-refractivity contribution in [1.29, 1.82) is 0 Å². The average Bonchev–Trinajstić information content (AvgIpc) is 3.05. The van der Waals surface area contributed by atoms with Crippen molar-refractivity contribution in [2.75, 3.05) is 6.61 Å². The molecule has 0 aliphatic rings. The third-order valence-electron chi connectivity index (χ3n) is 3.14.